The van der Waals surface area contributed by atoms with E-state index in [1.807, 2.05) is 0 Å². The molecule has 1 saturated heterocycles. The monoisotopic (exact) mass is 519 g/mol. The second-order valence-electron chi connectivity index (χ2n) is 8.59. The van der Waals surface area contributed by atoms with Gasteiger partial charge in [0.15, 0.2) is 5.84 Å². The first-order chi connectivity index (χ1) is 17.1. The summed E-state index contributed by atoms with van der Waals surface area (Å²) in [6.07, 6.45) is 4.63. The highest BCUT2D eigenvalue weighted by Crippen LogP contribution is 2.32. The van der Waals surface area contributed by atoms with Crippen molar-refractivity contribution < 1.29 is 33.8 Å². The molecule has 1 aromatic heterocycles. The van der Waals surface area contributed by atoms with Gasteiger partial charge in [0.1, 0.15) is 18.9 Å². The van der Waals surface area contributed by atoms with Crippen LogP contribution in [0.3, 0.4) is 0 Å². The van der Waals surface area contributed by atoms with E-state index in [4.69, 9.17) is 21.0 Å². The summed E-state index contributed by atoms with van der Waals surface area (Å²) in [6.45, 7) is 1.13. The fourth-order valence-corrected chi connectivity index (χ4v) is 5.53. The van der Waals surface area contributed by atoms with Gasteiger partial charge in [-0.15, -0.1) is 11.3 Å². The van der Waals surface area contributed by atoms with Gasteiger partial charge in [-0.2, -0.15) is 0 Å². The van der Waals surface area contributed by atoms with Gasteiger partial charge >= 0.3 is 11.9 Å². The first-order valence-electron chi connectivity index (χ1n) is 11.6. The zero-order valence-corrected chi connectivity index (χ0v) is 20.7. The molecule has 1 aromatic rings. The molecule has 1 aliphatic carbocycles. The number of thiophene rings is 1. The number of aliphatic imine (C=N–C) groups is 1. The molecule has 0 bridgehead atoms. The van der Waals surface area contributed by atoms with Gasteiger partial charge < -0.3 is 20.5 Å². The summed E-state index contributed by atoms with van der Waals surface area (Å²) in [5.74, 6) is -3.72. The number of hydrogen-bond acceptors (Lipinski definition) is 9. The van der Waals surface area contributed by atoms with Gasteiger partial charge in [0, 0.05) is 25.1 Å². The van der Waals surface area contributed by atoms with Crippen LogP contribution in [-0.2, 0) is 30.5 Å². The summed E-state index contributed by atoms with van der Waals surface area (Å²) in [5, 5.41) is 17.0. The summed E-state index contributed by atoms with van der Waals surface area (Å²) in [5.41, 5.74) is 5.82. The normalized spacial score (nSPS) is 17.9. The number of hydrogen-bond donors (Lipinski definition) is 3. The predicted octanol–water partition coefficient (Wildman–Crippen LogP) is 1.15. The average molecular weight is 520 g/mol. The molecular weight excluding hydrogens is 490 g/mol. The summed E-state index contributed by atoms with van der Waals surface area (Å²) in [7, 11) is 0. The Morgan fingerprint density at radius 2 is 1.94 bits per heavy atom. The Kier molecular flexibility index (Phi) is 9.04. The number of esters is 1. The fourth-order valence-electron chi connectivity index (χ4n) is 4.53. The van der Waals surface area contributed by atoms with Crippen LogP contribution in [0.2, 0.25) is 0 Å². The van der Waals surface area contributed by atoms with Crippen molar-refractivity contribution in [1.82, 2.24) is 9.80 Å². The molecule has 4 N–H and O–H groups in total. The number of ether oxygens (including phenoxy) is 1. The van der Waals surface area contributed by atoms with Gasteiger partial charge in [0.2, 0.25) is 5.91 Å². The number of carbonyl (C=O) groups excluding carboxylic acids is 4. The number of carboxylic acid groups (broad SMARTS) is 1. The quantitative estimate of drug-likeness (QED) is 0.198. The number of imide groups is 1. The van der Waals surface area contributed by atoms with E-state index >= 15 is 0 Å². The van der Waals surface area contributed by atoms with Gasteiger partial charge in [-0.25, -0.2) is 9.79 Å². The number of likely N-dealkylation sites (tertiary alicyclic amines) is 1. The summed E-state index contributed by atoms with van der Waals surface area (Å²) < 4.78 is 5.03. The van der Waals surface area contributed by atoms with Crippen molar-refractivity contribution in [3.8, 4) is 0 Å². The van der Waals surface area contributed by atoms with E-state index in [0.717, 1.165) is 24.2 Å². The standard InChI is InChI=1S/C23H29N5O7S/c1-13(29)35-12-14-9-17(36-20(14)21(25)26-11-19(31)32)23(34)28(15-5-2-3-6-15)22(33)16-7-4-8-27(16)18(30)10-24/h9,11,15-16,25H,2-8,10,12,24H2,1H3,(H,31,32)/t16-/m0/s1. The average Bonchev–Trinajstić information content (AvgIpc) is 3.61. The minimum Gasteiger partial charge on any atom is -0.477 e. The van der Waals surface area contributed by atoms with Crippen LogP contribution in [-0.4, -0.2) is 81.8 Å². The maximum absolute atomic E-state index is 13.7. The van der Waals surface area contributed by atoms with Crippen LogP contribution in [0.5, 0.6) is 0 Å². The van der Waals surface area contributed by atoms with Gasteiger partial charge in [0.05, 0.1) is 16.3 Å². The highest BCUT2D eigenvalue weighted by atomic mass is 32.1. The Morgan fingerprint density at radius 1 is 1.25 bits per heavy atom. The molecule has 13 heteroatoms. The molecule has 2 aliphatic rings. The number of nitrogens with zero attached hydrogens (tertiary/aromatic N) is 3. The minimum absolute atomic E-state index is 0.123. The van der Waals surface area contributed by atoms with Crippen LogP contribution in [0.25, 0.3) is 0 Å². The Hall–Kier alpha value is -3.45. The highest BCUT2D eigenvalue weighted by molar-refractivity contribution is 7.16. The number of aliphatic carboxylic acids is 1. The van der Waals surface area contributed by atoms with E-state index in [2.05, 4.69) is 4.99 Å². The van der Waals surface area contributed by atoms with Crippen molar-refractivity contribution in [2.45, 2.75) is 64.1 Å². The van der Waals surface area contributed by atoms with E-state index in [1.54, 1.807) is 0 Å². The second kappa shape index (κ2) is 12.0. The first-order valence-corrected chi connectivity index (χ1v) is 12.4. The number of nitrogens with two attached hydrogens (primary N) is 1. The van der Waals surface area contributed by atoms with Crippen molar-refractivity contribution >= 4 is 53.0 Å². The molecule has 36 heavy (non-hydrogen) atoms. The predicted molar refractivity (Wildman–Crippen MR) is 130 cm³/mol. The fraction of sp³-hybridized carbons (Fsp3) is 0.522. The van der Waals surface area contributed by atoms with Gasteiger partial charge in [-0.1, -0.05) is 12.8 Å². The van der Waals surface area contributed by atoms with Crippen molar-refractivity contribution in [2.75, 3.05) is 13.1 Å². The minimum atomic E-state index is -1.35. The van der Waals surface area contributed by atoms with E-state index < -0.39 is 35.6 Å². The lowest BCUT2D eigenvalue weighted by atomic mass is 10.1. The highest BCUT2D eigenvalue weighted by Gasteiger charge is 2.42. The van der Waals surface area contributed by atoms with E-state index in [0.29, 0.717) is 44.0 Å². The zero-order valence-electron chi connectivity index (χ0n) is 19.9. The lowest BCUT2D eigenvalue weighted by Gasteiger charge is -2.32. The molecule has 0 aromatic carbocycles. The summed E-state index contributed by atoms with van der Waals surface area (Å²) in [4.78, 5) is 68.4. The van der Waals surface area contributed by atoms with Gasteiger partial charge in [-0.3, -0.25) is 29.5 Å². The third kappa shape index (κ3) is 6.21. The Morgan fingerprint density at radius 3 is 2.56 bits per heavy atom. The molecule has 1 aliphatic heterocycles. The van der Waals surface area contributed by atoms with Crippen molar-refractivity contribution in [3.63, 3.8) is 0 Å². The largest absolute Gasteiger partial charge is 0.477 e. The van der Waals surface area contributed by atoms with Crippen LogP contribution in [0.4, 0.5) is 0 Å². The Labute approximate surface area is 211 Å². The number of carboxylic acids is 1. The lowest BCUT2D eigenvalue weighted by molar-refractivity contribution is -0.142. The molecule has 194 valence electrons. The van der Waals surface area contributed by atoms with Crippen molar-refractivity contribution in [1.29, 1.82) is 5.41 Å². The maximum Gasteiger partial charge on any atom is 0.347 e. The van der Waals surface area contributed by atoms with Crippen molar-refractivity contribution in [3.05, 3.63) is 21.4 Å². The number of nitrogens with one attached hydrogen (secondary N) is 1. The molecular formula is C23H29N5O7S. The molecule has 3 amide bonds. The SMILES string of the molecule is CC(=O)OCc1cc(C(=O)N(C(=O)[C@@H]2CCCN2C(=O)CN)C2CCCC2)sc1C(=N)N=CC(=O)O. The van der Waals surface area contributed by atoms with E-state index in [1.165, 1.54) is 22.8 Å². The van der Waals surface area contributed by atoms with Gasteiger partial charge in [-0.05, 0) is 31.7 Å². The Bertz CT molecular complexity index is 1090. The number of amidine groups is 1. The third-order valence-electron chi connectivity index (χ3n) is 6.15. The Balaban J connectivity index is 1.97. The molecule has 1 atom stereocenters. The van der Waals surface area contributed by atoms with Crippen LogP contribution in [0.1, 0.15) is 65.6 Å². The third-order valence-corrected chi connectivity index (χ3v) is 7.32. The number of carbonyl (C=O) groups is 5. The molecule has 2 fully saturated rings. The van der Waals surface area contributed by atoms with Gasteiger partial charge in [0.25, 0.3) is 11.8 Å². The summed E-state index contributed by atoms with van der Waals surface area (Å²) >= 11 is 0.871. The molecule has 2 heterocycles. The molecule has 0 radical (unpaired) electrons. The second-order valence-corrected chi connectivity index (χ2v) is 9.64. The van der Waals surface area contributed by atoms with Crippen LogP contribution >= 0.6 is 11.3 Å². The van der Waals surface area contributed by atoms with E-state index in [9.17, 15) is 24.0 Å². The first kappa shape index (κ1) is 27.1. The molecule has 1 saturated carbocycles. The van der Waals surface area contributed by atoms with Crippen LogP contribution in [0, 0.1) is 5.41 Å². The molecule has 3 rings (SSSR count). The maximum atomic E-state index is 13.7. The summed E-state index contributed by atoms with van der Waals surface area (Å²) in [6, 6.07) is 0.333. The molecule has 12 nitrogen and oxygen atoms in total. The zero-order chi connectivity index (χ0) is 26.4. The molecule has 0 spiro atoms. The number of rotatable bonds is 8. The lowest BCUT2D eigenvalue weighted by Crippen LogP contribution is -2.53. The van der Waals surface area contributed by atoms with Crippen LogP contribution in [0.15, 0.2) is 11.1 Å². The topological polar surface area (TPSA) is 184 Å². The molecule has 0 unspecified atom stereocenters. The number of amides is 3. The smallest absolute Gasteiger partial charge is 0.347 e. The van der Waals surface area contributed by atoms with Crippen molar-refractivity contribution in [2.24, 2.45) is 10.7 Å². The van der Waals surface area contributed by atoms with E-state index in [-0.39, 0.29) is 34.9 Å². The van der Waals surface area contributed by atoms with Crippen LogP contribution < -0.4 is 5.73 Å².